The van der Waals surface area contributed by atoms with Crippen LogP contribution in [-0.4, -0.2) is 21.0 Å². The number of aryl methyl sites for hydroxylation is 3. The van der Waals surface area contributed by atoms with E-state index in [1.165, 1.54) is 23.0 Å². The van der Waals surface area contributed by atoms with Crippen LogP contribution in [-0.2, 0) is 12.8 Å². The van der Waals surface area contributed by atoms with Crippen LogP contribution < -0.4 is 5.32 Å². The summed E-state index contributed by atoms with van der Waals surface area (Å²) in [5, 5.41) is 22.9. The Morgan fingerprint density at radius 2 is 1.92 bits per heavy atom. The van der Waals surface area contributed by atoms with Gasteiger partial charge in [0.25, 0.3) is 11.6 Å². The van der Waals surface area contributed by atoms with Crippen LogP contribution in [0.1, 0.15) is 26.5 Å². The average Bonchev–Trinajstić information content (AvgIpc) is 3.08. The molecule has 0 saturated carbocycles. The van der Waals surface area contributed by atoms with Crippen molar-refractivity contribution >= 4 is 28.1 Å². The largest absolute Gasteiger partial charge is 0.296 e. The van der Waals surface area contributed by atoms with Crippen LogP contribution in [0.2, 0.25) is 0 Å². The van der Waals surface area contributed by atoms with E-state index in [1.54, 1.807) is 19.1 Å². The molecule has 0 unspecified atom stereocenters. The quantitative estimate of drug-likeness (QED) is 0.527. The summed E-state index contributed by atoms with van der Waals surface area (Å²) in [6, 6.07) is 14.4. The van der Waals surface area contributed by atoms with Gasteiger partial charge in [0.2, 0.25) is 5.13 Å². The van der Waals surface area contributed by atoms with Gasteiger partial charge in [0.1, 0.15) is 5.01 Å². The van der Waals surface area contributed by atoms with Gasteiger partial charge in [-0.3, -0.25) is 20.2 Å². The highest BCUT2D eigenvalue weighted by Crippen LogP contribution is 2.22. The van der Waals surface area contributed by atoms with Crippen LogP contribution in [0, 0.1) is 17.0 Å². The molecule has 0 bridgehead atoms. The third-order valence-corrected chi connectivity index (χ3v) is 4.72. The molecule has 1 heterocycles. The zero-order valence-electron chi connectivity index (χ0n) is 14.0. The third kappa shape index (κ3) is 4.28. The number of aromatic nitrogens is 2. The zero-order valence-corrected chi connectivity index (χ0v) is 14.8. The lowest BCUT2D eigenvalue weighted by Crippen LogP contribution is -2.12. The summed E-state index contributed by atoms with van der Waals surface area (Å²) in [5.74, 6) is -0.446. The molecule has 1 aromatic heterocycles. The first kappa shape index (κ1) is 17.7. The van der Waals surface area contributed by atoms with Crippen molar-refractivity contribution in [1.82, 2.24) is 10.2 Å². The molecule has 3 aromatic rings. The van der Waals surface area contributed by atoms with Crippen molar-refractivity contribution in [3.63, 3.8) is 0 Å². The van der Waals surface area contributed by atoms with Crippen LogP contribution in [0.4, 0.5) is 10.8 Å². The fourth-order valence-electron chi connectivity index (χ4n) is 2.42. The second-order valence-electron chi connectivity index (χ2n) is 5.70. The molecule has 0 aliphatic carbocycles. The number of nitrogens with one attached hydrogen (secondary N) is 1. The molecule has 26 heavy (non-hydrogen) atoms. The lowest BCUT2D eigenvalue weighted by atomic mass is 10.1. The molecule has 0 aliphatic heterocycles. The first-order valence-electron chi connectivity index (χ1n) is 7.95. The maximum Gasteiger partial charge on any atom is 0.273 e. The molecule has 3 rings (SSSR count). The predicted molar refractivity (Wildman–Crippen MR) is 99.5 cm³/mol. The van der Waals surface area contributed by atoms with Crippen molar-refractivity contribution in [3.8, 4) is 0 Å². The van der Waals surface area contributed by atoms with Gasteiger partial charge in [-0.05, 0) is 25.0 Å². The normalized spacial score (nSPS) is 10.5. The van der Waals surface area contributed by atoms with Crippen LogP contribution >= 0.6 is 11.3 Å². The first-order chi connectivity index (χ1) is 12.5. The molecule has 8 heteroatoms. The third-order valence-electron chi connectivity index (χ3n) is 3.83. The van der Waals surface area contributed by atoms with Gasteiger partial charge in [-0.2, -0.15) is 0 Å². The number of nitrogens with zero attached hydrogens (tertiary/aromatic N) is 3. The van der Waals surface area contributed by atoms with Gasteiger partial charge in [-0.1, -0.05) is 47.7 Å². The van der Waals surface area contributed by atoms with E-state index in [0.717, 1.165) is 17.8 Å². The number of carbonyl (C=O) groups is 1. The summed E-state index contributed by atoms with van der Waals surface area (Å²) in [6.07, 6.45) is 1.57. The van der Waals surface area contributed by atoms with Crippen LogP contribution in [0.3, 0.4) is 0 Å². The number of hydrogen-bond donors (Lipinski definition) is 1. The second-order valence-corrected chi connectivity index (χ2v) is 6.76. The molecule has 7 nitrogen and oxygen atoms in total. The molecule has 1 amide bonds. The number of hydrogen-bond acceptors (Lipinski definition) is 6. The van der Waals surface area contributed by atoms with E-state index in [4.69, 9.17) is 0 Å². The van der Waals surface area contributed by atoms with Crippen molar-refractivity contribution in [2.24, 2.45) is 0 Å². The van der Waals surface area contributed by atoms with Crippen molar-refractivity contribution in [2.75, 3.05) is 5.32 Å². The van der Waals surface area contributed by atoms with Gasteiger partial charge in [0.15, 0.2) is 0 Å². The van der Waals surface area contributed by atoms with Crippen molar-refractivity contribution in [2.45, 2.75) is 19.8 Å². The Balaban J connectivity index is 1.64. The van der Waals surface area contributed by atoms with E-state index < -0.39 is 10.8 Å². The smallest absolute Gasteiger partial charge is 0.273 e. The summed E-state index contributed by atoms with van der Waals surface area (Å²) in [7, 11) is 0. The summed E-state index contributed by atoms with van der Waals surface area (Å²) in [5.41, 5.74) is 1.84. The number of rotatable bonds is 6. The van der Waals surface area contributed by atoms with E-state index in [-0.39, 0.29) is 11.3 Å². The molecule has 0 atom stereocenters. The standard InChI is InChI=1S/C18H16N4O3S/c1-12-7-9-14(11-15(12)22(24)25)17(23)19-18-21-20-16(26-18)10-8-13-5-3-2-4-6-13/h2-7,9,11H,8,10H2,1H3,(H,19,21,23). The van der Waals surface area contributed by atoms with Gasteiger partial charge >= 0.3 is 0 Å². The fourth-order valence-corrected chi connectivity index (χ4v) is 3.15. The van der Waals surface area contributed by atoms with Gasteiger partial charge in [0.05, 0.1) is 4.92 Å². The molecular weight excluding hydrogens is 352 g/mol. The monoisotopic (exact) mass is 368 g/mol. The van der Waals surface area contributed by atoms with Gasteiger partial charge in [-0.15, -0.1) is 10.2 Å². The molecule has 0 spiro atoms. The Labute approximate surface area is 153 Å². The number of amides is 1. The van der Waals surface area contributed by atoms with Crippen molar-refractivity contribution < 1.29 is 9.72 Å². The highest BCUT2D eigenvalue weighted by Gasteiger charge is 2.16. The predicted octanol–water partition coefficient (Wildman–Crippen LogP) is 3.79. The summed E-state index contributed by atoms with van der Waals surface area (Å²) in [4.78, 5) is 22.8. The summed E-state index contributed by atoms with van der Waals surface area (Å²) < 4.78 is 0. The molecule has 0 fully saturated rings. The van der Waals surface area contributed by atoms with Crippen molar-refractivity contribution in [3.05, 3.63) is 80.3 Å². The summed E-state index contributed by atoms with van der Waals surface area (Å²) >= 11 is 1.30. The molecule has 0 radical (unpaired) electrons. The Morgan fingerprint density at radius 1 is 1.15 bits per heavy atom. The molecule has 2 aromatic carbocycles. The lowest BCUT2D eigenvalue weighted by Gasteiger charge is -2.02. The first-order valence-corrected chi connectivity index (χ1v) is 8.77. The maximum absolute atomic E-state index is 12.3. The van der Waals surface area contributed by atoms with E-state index in [1.807, 2.05) is 30.3 Å². The number of benzene rings is 2. The van der Waals surface area contributed by atoms with Crippen LogP contribution in [0.15, 0.2) is 48.5 Å². The highest BCUT2D eigenvalue weighted by atomic mass is 32.1. The SMILES string of the molecule is Cc1ccc(C(=O)Nc2nnc(CCc3ccccc3)s2)cc1[N+](=O)[O-]. The Kier molecular flexibility index (Phi) is 5.33. The average molecular weight is 368 g/mol. The van der Waals surface area contributed by atoms with Crippen molar-refractivity contribution in [1.29, 1.82) is 0 Å². The fraction of sp³-hybridized carbons (Fsp3) is 0.167. The molecular formula is C18H16N4O3S. The molecule has 1 N–H and O–H groups in total. The number of anilines is 1. The van der Waals surface area contributed by atoms with Crippen LogP contribution in [0.25, 0.3) is 0 Å². The van der Waals surface area contributed by atoms with E-state index in [2.05, 4.69) is 15.5 Å². The van der Waals surface area contributed by atoms with E-state index in [0.29, 0.717) is 10.7 Å². The number of nitro benzene ring substituents is 1. The summed E-state index contributed by atoms with van der Waals surface area (Å²) in [6.45, 7) is 1.63. The zero-order chi connectivity index (χ0) is 18.5. The highest BCUT2D eigenvalue weighted by molar-refractivity contribution is 7.15. The maximum atomic E-state index is 12.3. The minimum atomic E-state index is -0.501. The second kappa shape index (κ2) is 7.83. The molecule has 0 saturated heterocycles. The minimum absolute atomic E-state index is 0.0848. The molecule has 132 valence electrons. The molecule has 0 aliphatic rings. The van der Waals surface area contributed by atoms with E-state index in [9.17, 15) is 14.9 Å². The number of nitro groups is 1. The topological polar surface area (TPSA) is 98.0 Å². The Morgan fingerprint density at radius 3 is 2.65 bits per heavy atom. The minimum Gasteiger partial charge on any atom is -0.296 e. The van der Waals surface area contributed by atoms with Gasteiger partial charge in [0, 0.05) is 23.6 Å². The van der Waals surface area contributed by atoms with Gasteiger partial charge < -0.3 is 0 Å². The van der Waals surface area contributed by atoms with Crippen LogP contribution in [0.5, 0.6) is 0 Å². The Hall–Kier alpha value is -3.13. The number of carbonyl (C=O) groups excluding carboxylic acids is 1. The van der Waals surface area contributed by atoms with E-state index >= 15 is 0 Å². The van der Waals surface area contributed by atoms with Gasteiger partial charge in [-0.25, -0.2) is 0 Å². The Bertz CT molecular complexity index is 941. The lowest BCUT2D eigenvalue weighted by molar-refractivity contribution is -0.385.